The first-order valence-electron chi connectivity index (χ1n) is 5.59. The maximum atomic E-state index is 6.24. The minimum absolute atomic E-state index is 0.766. The first-order chi connectivity index (χ1) is 6.84. The topological polar surface area (TPSA) is 0 Å². The van der Waals surface area contributed by atoms with E-state index in [1.807, 2.05) is 12.1 Å². The third kappa shape index (κ3) is 1.28. The van der Waals surface area contributed by atoms with E-state index < -0.39 is 0 Å². The van der Waals surface area contributed by atoms with Gasteiger partial charge in [-0.15, -0.1) is 0 Å². The van der Waals surface area contributed by atoms with Crippen molar-refractivity contribution in [2.24, 2.45) is 11.8 Å². The average molecular weight is 207 g/mol. The Morgan fingerprint density at radius 3 is 2.57 bits per heavy atom. The Hall–Kier alpha value is -0.490. The third-order valence-electron chi connectivity index (χ3n) is 4.04. The van der Waals surface area contributed by atoms with E-state index >= 15 is 0 Å². The summed E-state index contributed by atoms with van der Waals surface area (Å²) in [7, 11) is 0. The molecule has 0 amide bonds. The Bertz CT molecular complexity index is 345. The van der Waals surface area contributed by atoms with Gasteiger partial charge in [-0.05, 0) is 48.6 Å². The van der Waals surface area contributed by atoms with Gasteiger partial charge in [0.15, 0.2) is 0 Å². The summed E-state index contributed by atoms with van der Waals surface area (Å²) < 4.78 is 0. The molecule has 0 radical (unpaired) electrons. The maximum absolute atomic E-state index is 6.24. The molecule has 2 aliphatic carbocycles. The number of hydrogen-bond donors (Lipinski definition) is 0. The molecule has 0 heterocycles. The third-order valence-corrected chi connectivity index (χ3v) is 4.39. The molecule has 74 valence electrons. The first-order valence-corrected chi connectivity index (χ1v) is 5.97. The zero-order valence-corrected chi connectivity index (χ0v) is 9.00. The normalized spacial score (nSPS) is 35.1. The van der Waals surface area contributed by atoms with Crippen LogP contribution in [0.1, 0.15) is 37.2 Å². The Kier molecular flexibility index (Phi) is 2.05. The van der Waals surface area contributed by atoms with E-state index in [-0.39, 0.29) is 0 Å². The van der Waals surface area contributed by atoms with Crippen LogP contribution in [0.15, 0.2) is 24.3 Å². The molecule has 0 spiro atoms. The van der Waals surface area contributed by atoms with Crippen LogP contribution in [0.25, 0.3) is 0 Å². The van der Waals surface area contributed by atoms with Gasteiger partial charge in [0.25, 0.3) is 0 Å². The summed E-state index contributed by atoms with van der Waals surface area (Å²) in [5.41, 5.74) is 1.40. The van der Waals surface area contributed by atoms with Crippen LogP contribution in [-0.2, 0) is 0 Å². The predicted molar refractivity (Wildman–Crippen MR) is 59.6 cm³/mol. The molecule has 0 saturated heterocycles. The molecule has 0 nitrogen and oxygen atoms in total. The van der Waals surface area contributed by atoms with Crippen LogP contribution in [0.3, 0.4) is 0 Å². The van der Waals surface area contributed by atoms with E-state index in [0.717, 1.165) is 22.8 Å². The van der Waals surface area contributed by atoms with Gasteiger partial charge in [-0.25, -0.2) is 0 Å². The highest BCUT2D eigenvalue weighted by atomic mass is 35.5. The summed E-state index contributed by atoms with van der Waals surface area (Å²) in [6, 6.07) is 8.39. The van der Waals surface area contributed by atoms with Gasteiger partial charge in [0, 0.05) is 5.02 Å². The zero-order chi connectivity index (χ0) is 9.54. The van der Waals surface area contributed by atoms with E-state index in [1.54, 1.807) is 0 Å². The second kappa shape index (κ2) is 3.27. The number of rotatable bonds is 1. The van der Waals surface area contributed by atoms with Crippen LogP contribution < -0.4 is 0 Å². The fourth-order valence-electron chi connectivity index (χ4n) is 3.40. The first kappa shape index (κ1) is 8.79. The second-order valence-corrected chi connectivity index (χ2v) is 5.21. The quantitative estimate of drug-likeness (QED) is 0.645. The molecule has 1 heteroatoms. The Labute approximate surface area is 90.3 Å². The SMILES string of the molecule is Clc1ccccc1[C@@H]1C[C@H]2CC[C@@H]1C2. The van der Waals surface area contributed by atoms with Crippen LogP contribution in [0.2, 0.25) is 5.02 Å². The number of benzene rings is 1. The molecule has 2 fully saturated rings. The van der Waals surface area contributed by atoms with Crippen molar-refractivity contribution < 1.29 is 0 Å². The highest BCUT2D eigenvalue weighted by molar-refractivity contribution is 6.31. The van der Waals surface area contributed by atoms with Crippen molar-refractivity contribution in [1.82, 2.24) is 0 Å². The molecule has 3 rings (SSSR count). The van der Waals surface area contributed by atoms with Gasteiger partial charge < -0.3 is 0 Å². The Morgan fingerprint density at radius 1 is 1.07 bits per heavy atom. The average Bonchev–Trinajstić information content (AvgIpc) is 2.79. The summed E-state index contributed by atoms with van der Waals surface area (Å²) in [5.74, 6) is 2.70. The fourth-order valence-corrected chi connectivity index (χ4v) is 3.68. The molecule has 0 N–H and O–H groups in total. The summed E-state index contributed by atoms with van der Waals surface area (Å²) in [6.45, 7) is 0. The van der Waals surface area contributed by atoms with Crippen molar-refractivity contribution in [3.63, 3.8) is 0 Å². The standard InChI is InChI=1S/C13H15Cl/c14-13-4-2-1-3-11(13)12-8-9-5-6-10(12)7-9/h1-4,9-10,12H,5-8H2/t9-,10+,12+/m0/s1. The van der Waals surface area contributed by atoms with Crippen molar-refractivity contribution in [2.75, 3.05) is 0 Å². The lowest BCUT2D eigenvalue weighted by molar-refractivity contribution is 0.420. The van der Waals surface area contributed by atoms with Crippen LogP contribution in [0.5, 0.6) is 0 Å². The van der Waals surface area contributed by atoms with Crippen LogP contribution in [0.4, 0.5) is 0 Å². The van der Waals surface area contributed by atoms with Gasteiger partial charge >= 0.3 is 0 Å². The smallest absolute Gasteiger partial charge is 0.0440 e. The molecule has 2 saturated carbocycles. The van der Waals surface area contributed by atoms with Crippen molar-refractivity contribution >= 4 is 11.6 Å². The second-order valence-electron chi connectivity index (χ2n) is 4.80. The summed E-state index contributed by atoms with van der Waals surface area (Å²) in [5, 5.41) is 0.977. The van der Waals surface area contributed by atoms with Gasteiger partial charge in [0.05, 0.1) is 0 Å². The van der Waals surface area contributed by atoms with Gasteiger partial charge in [-0.3, -0.25) is 0 Å². The van der Waals surface area contributed by atoms with E-state index in [1.165, 1.54) is 31.2 Å². The van der Waals surface area contributed by atoms with E-state index in [2.05, 4.69) is 12.1 Å². The molecule has 0 unspecified atom stereocenters. The highest BCUT2D eigenvalue weighted by Crippen LogP contribution is 2.53. The van der Waals surface area contributed by atoms with E-state index in [9.17, 15) is 0 Å². The minimum Gasteiger partial charge on any atom is -0.0840 e. The van der Waals surface area contributed by atoms with E-state index in [0.29, 0.717) is 0 Å². The monoisotopic (exact) mass is 206 g/mol. The fraction of sp³-hybridized carbons (Fsp3) is 0.538. The van der Waals surface area contributed by atoms with Crippen molar-refractivity contribution in [3.8, 4) is 0 Å². The summed E-state index contributed by atoms with van der Waals surface area (Å²) in [6.07, 6.45) is 5.73. The predicted octanol–water partition coefficient (Wildman–Crippen LogP) is 4.24. The largest absolute Gasteiger partial charge is 0.0840 e. The van der Waals surface area contributed by atoms with Crippen molar-refractivity contribution in [3.05, 3.63) is 34.9 Å². The van der Waals surface area contributed by atoms with Gasteiger partial charge in [-0.2, -0.15) is 0 Å². The molecule has 2 aliphatic rings. The zero-order valence-electron chi connectivity index (χ0n) is 8.25. The Morgan fingerprint density at radius 2 is 1.93 bits per heavy atom. The maximum Gasteiger partial charge on any atom is 0.0440 e. The molecule has 14 heavy (non-hydrogen) atoms. The molecule has 1 aromatic carbocycles. The lowest BCUT2D eigenvalue weighted by Gasteiger charge is -2.22. The lowest BCUT2D eigenvalue weighted by atomic mass is 9.83. The van der Waals surface area contributed by atoms with Crippen molar-refractivity contribution in [1.29, 1.82) is 0 Å². The van der Waals surface area contributed by atoms with Crippen LogP contribution in [0, 0.1) is 11.8 Å². The lowest BCUT2D eigenvalue weighted by Crippen LogP contribution is -2.08. The summed E-state index contributed by atoms with van der Waals surface area (Å²) >= 11 is 6.24. The summed E-state index contributed by atoms with van der Waals surface area (Å²) in [4.78, 5) is 0. The minimum atomic E-state index is 0.766. The molecule has 2 bridgehead atoms. The van der Waals surface area contributed by atoms with E-state index in [4.69, 9.17) is 11.6 Å². The van der Waals surface area contributed by atoms with Gasteiger partial charge in [0.1, 0.15) is 0 Å². The number of halogens is 1. The Balaban J connectivity index is 1.93. The molecule has 0 aromatic heterocycles. The van der Waals surface area contributed by atoms with Crippen LogP contribution >= 0.6 is 11.6 Å². The molecular formula is C13H15Cl. The number of fused-ring (bicyclic) bond motifs is 2. The van der Waals surface area contributed by atoms with Gasteiger partial charge in [0.2, 0.25) is 0 Å². The highest BCUT2D eigenvalue weighted by Gasteiger charge is 2.40. The molecule has 0 aliphatic heterocycles. The van der Waals surface area contributed by atoms with Crippen LogP contribution in [-0.4, -0.2) is 0 Å². The molecule has 3 atom stereocenters. The number of hydrogen-bond acceptors (Lipinski definition) is 0. The van der Waals surface area contributed by atoms with Crippen molar-refractivity contribution in [2.45, 2.75) is 31.6 Å². The molecule has 1 aromatic rings. The van der Waals surface area contributed by atoms with Gasteiger partial charge in [-0.1, -0.05) is 36.2 Å². The molecular weight excluding hydrogens is 192 g/mol.